The predicted octanol–water partition coefficient (Wildman–Crippen LogP) is 0.364. The van der Waals surface area contributed by atoms with Gasteiger partial charge in [0.2, 0.25) is 6.29 Å². The van der Waals surface area contributed by atoms with Gasteiger partial charge in [-0.3, -0.25) is 0 Å². The number of aliphatic hydroxyl groups is 1. The lowest BCUT2D eigenvalue weighted by Gasteiger charge is -2.03. The van der Waals surface area contributed by atoms with E-state index in [1.54, 1.807) is 6.08 Å². The molecule has 1 heterocycles. The van der Waals surface area contributed by atoms with Crippen LogP contribution in [-0.2, 0) is 9.53 Å². The zero-order valence-electron chi connectivity index (χ0n) is 5.41. The molecule has 0 aromatic carbocycles. The molecule has 3 heteroatoms. The van der Waals surface area contributed by atoms with Crippen molar-refractivity contribution >= 4 is 5.97 Å². The minimum absolute atomic E-state index is 0.482. The molecule has 1 atom stereocenters. The number of esters is 1. The van der Waals surface area contributed by atoms with Crippen LogP contribution in [0.25, 0.3) is 0 Å². The fraction of sp³-hybridized carbons (Fsp3) is 0.286. The summed E-state index contributed by atoms with van der Waals surface area (Å²) in [6.45, 7) is 3.46. The molecule has 1 aliphatic heterocycles. The van der Waals surface area contributed by atoms with Crippen molar-refractivity contribution in [2.75, 3.05) is 0 Å². The average Bonchev–Trinajstić information content (AvgIpc) is 2.13. The number of cyclic esters (lactones) is 1. The van der Waals surface area contributed by atoms with E-state index in [1.807, 2.05) is 0 Å². The van der Waals surface area contributed by atoms with Crippen LogP contribution in [0.1, 0.15) is 6.42 Å². The molecule has 1 aliphatic rings. The van der Waals surface area contributed by atoms with E-state index in [1.165, 1.54) is 6.08 Å². The molecule has 1 N–H and O–H groups in total. The number of aliphatic hydroxyl groups excluding tert-OH is 1. The highest BCUT2D eigenvalue weighted by molar-refractivity contribution is 5.85. The van der Waals surface area contributed by atoms with Gasteiger partial charge in [0.25, 0.3) is 0 Å². The highest BCUT2D eigenvalue weighted by Crippen LogP contribution is 2.16. The van der Waals surface area contributed by atoms with Crippen LogP contribution in [0.15, 0.2) is 24.3 Å². The van der Waals surface area contributed by atoms with E-state index in [9.17, 15) is 4.79 Å². The molecule has 0 amide bonds. The molecule has 0 aromatic rings. The maximum Gasteiger partial charge on any atom is 0.333 e. The second-order valence-electron chi connectivity index (χ2n) is 2.00. The molecule has 0 spiro atoms. The Morgan fingerprint density at radius 2 is 2.60 bits per heavy atom. The summed E-state index contributed by atoms with van der Waals surface area (Å²) in [6, 6.07) is 0. The zero-order chi connectivity index (χ0) is 7.56. The van der Waals surface area contributed by atoms with Gasteiger partial charge < -0.3 is 9.84 Å². The summed E-state index contributed by atoms with van der Waals surface area (Å²) >= 11 is 0. The Hall–Kier alpha value is -1.09. The van der Waals surface area contributed by atoms with Crippen molar-refractivity contribution in [2.24, 2.45) is 0 Å². The molecular weight excluding hydrogens is 132 g/mol. The van der Waals surface area contributed by atoms with Crippen molar-refractivity contribution in [2.45, 2.75) is 12.7 Å². The molecule has 0 saturated carbocycles. The second-order valence-corrected chi connectivity index (χ2v) is 2.00. The second kappa shape index (κ2) is 2.66. The van der Waals surface area contributed by atoms with E-state index in [2.05, 4.69) is 11.3 Å². The van der Waals surface area contributed by atoms with Crippen molar-refractivity contribution in [3.8, 4) is 0 Å². The fourth-order valence-corrected chi connectivity index (χ4v) is 0.769. The summed E-state index contributed by atoms with van der Waals surface area (Å²) in [5, 5.41) is 8.93. The molecule has 0 bridgehead atoms. The summed E-state index contributed by atoms with van der Waals surface area (Å²) < 4.78 is 4.40. The quantitative estimate of drug-likeness (QED) is 0.445. The maximum atomic E-state index is 10.4. The van der Waals surface area contributed by atoms with Crippen LogP contribution in [0.4, 0.5) is 0 Å². The minimum Gasteiger partial charge on any atom is -0.429 e. The summed E-state index contributed by atoms with van der Waals surface area (Å²) in [7, 11) is 0. The van der Waals surface area contributed by atoms with Crippen molar-refractivity contribution in [3.63, 3.8) is 0 Å². The topological polar surface area (TPSA) is 46.5 Å². The number of ether oxygens (including phenoxy) is 1. The van der Waals surface area contributed by atoms with Gasteiger partial charge >= 0.3 is 5.97 Å². The Bertz CT molecular complexity index is 193. The van der Waals surface area contributed by atoms with Crippen LogP contribution >= 0.6 is 0 Å². The van der Waals surface area contributed by atoms with E-state index in [4.69, 9.17) is 5.11 Å². The molecule has 3 nitrogen and oxygen atoms in total. The molecule has 0 aromatic heterocycles. The van der Waals surface area contributed by atoms with E-state index in [0.717, 1.165) is 0 Å². The standard InChI is InChI=1S/C7H8O3/c1-2-3-5-4-6(8)10-7(5)9/h2,4,7,9H,1,3H2. The van der Waals surface area contributed by atoms with Crippen molar-refractivity contribution < 1.29 is 14.6 Å². The Labute approximate surface area is 58.6 Å². The third-order valence-electron chi connectivity index (χ3n) is 1.23. The van der Waals surface area contributed by atoms with E-state index < -0.39 is 12.3 Å². The molecule has 10 heavy (non-hydrogen) atoms. The number of rotatable bonds is 2. The first-order chi connectivity index (χ1) is 4.74. The van der Waals surface area contributed by atoms with Gasteiger partial charge in [0.15, 0.2) is 0 Å². The summed E-state index contributed by atoms with van der Waals surface area (Å²) in [4.78, 5) is 10.4. The fourth-order valence-electron chi connectivity index (χ4n) is 0.769. The molecule has 0 aliphatic carbocycles. The van der Waals surface area contributed by atoms with Gasteiger partial charge in [0.05, 0.1) is 0 Å². The van der Waals surface area contributed by atoms with Crippen LogP contribution in [0.2, 0.25) is 0 Å². The van der Waals surface area contributed by atoms with Crippen LogP contribution in [0.5, 0.6) is 0 Å². The number of carbonyl (C=O) groups is 1. The van der Waals surface area contributed by atoms with Crippen LogP contribution in [-0.4, -0.2) is 17.4 Å². The number of hydrogen-bond acceptors (Lipinski definition) is 3. The highest BCUT2D eigenvalue weighted by atomic mass is 16.6. The SMILES string of the molecule is C=CCC1=CC(=O)OC1O. The van der Waals surface area contributed by atoms with Crippen molar-refractivity contribution in [1.29, 1.82) is 0 Å². The predicted molar refractivity (Wildman–Crippen MR) is 35.0 cm³/mol. The van der Waals surface area contributed by atoms with Gasteiger partial charge in [-0.15, -0.1) is 6.58 Å². The first-order valence-electron chi connectivity index (χ1n) is 2.94. The highest BCUT2D eigenvalue weighted by Gasteiger charge is 2.21. The van der Waals surface area contributed by atoms with Gasteiger partial charge in [0.1, 0.15) is 0 Å². The van der Waals surface area contributed by atoms with E-state index in [-0.39, 0.29) is 0 Å². The molecule has 54 valence electrons. The lowest BCUT2D eigenvalue weighted by atomic mass is 10.2. The summed E-state index contributed by atoms with van der Waals surface area (Å²) in [5.74, 6) is -0.482. The van der Waals surface area contributed by atoms with Gasteiger partial charge in [0, 0.05) is 11.6 Å². The molecule has 0 saturated heterocycles. The third-order valence-corrected chi connectivity index (χ3v) is 1.23. The van der Waals surface area contributed by atoms with Crippen LogP contribution in [0, 0.1) is 0 Å². The van der Waals surface area contributed by atoms with Gasteiger partial charge in [-0.2, -0.15) is 0 Å². The number of allylic oxidation sites excluding steroid dienone is 1. The Balaban J connectivity index is 2.65. The first kappa shape index (κ1) is 7.02. The smallest absolute Gasteiger partial charge is 0.333 e. The normalized spacial score (nSPS) is 23.9. The van der Waals surface area contributed by atoms with Crippen molar-refractivity contribution in [3.05, 3.63) is 24.3 Å². The molecule has 1 rings (SSSR count). The minimum atomic E-state index is -1.05. The average molecular weight is 140 g/mol. The van der Waals surface area contributed by atoms with E-state index >= 15 is 0 Å². The zero-order valence-corrected chi connectivity index (χ0v) is 5.41. The van der Waals surface area contributed by atoms with Crippen LogP contribution in [0.3, 0.4) is 0 Å². The Morgan fingerprint density at radius 3 is 3.00 bits per heavy atom. The monoisotopic (exact) mass is 140 g/mol. The third kappa shape index (κ3) is 1.25. The number of hydrogen-bond donors (Lipinski definition) is 1. The number of carbonyl (C=O) groups excluding carboxylic acids is 1. The van der Waals surface area contributed by atoms with Gasteiger partial charge in [-0.1, -0.05) is 6.08 Å². The molecule has 1 unspecified atom stereocenters. The lowest BCUT2D eigenvalue weighted by molar-refractivity contribution is -0.151. The van der Waals surface area contributed by atoms with E-state index in [0.29, 0.717) is 12.0 Å². The van der Waals surface area contributed by atoms with Gasteiger partial charge in [-0.25, -0.2) is 4.79 Å². The summed E-state index contributed by atoms with van der Waals surface area (Å²) in [6.07, 6.45) is 2.33. The van der Waals surface area contributed by atoms with Crippen LogP contribution < -0.4 is 0 Å². The molecule has 0 radical (unpaired) electrons. The van der Waals surface area contributed by atoms with Gasteiger partial charge in [-0.05, 0) is 6.42 Å². The lowest BCUT2D eigenvalue weighted by Crippen LogP contribution is -2.09. The summed E-state index contributed by atoms with van der Waals surface area (Å²) in [5.41, 5.74) is 0.569. The maximum absolute atomic E-state index is 10.4. The molecule has 0 fully saturated rings. The Kier molecular flexibility index (Phi) is 1.87. The molecular formula is C7H8O3. The largest absolute Gasteiger partial charge is 0.429 e. The Morgan fingerprint density at radius 1 is 1.90 bits per heavy atom. The first-order valence-corrected chi connectivity index (χ1v) is 2.94. The van der Waals surface area contributed by atoms with Crippen molar-refractivity contribution in [1.82, 2.24) is 0 Å².